The number of rotatable bonds is 25. The normalized spacial score (nSPS) is 18.8. The van der Waals surface area contributed by atoms with Crippen LogP contribution >= 0.6 is 19.6 Å². The van der Waals surface area contributed by atoms with Crippen LogP contribution in [0.1, 0.15) is 45.8 Å². The third kappa shape index (κ3) is 16.2. The number of carbonyl (C=O) groups excluding carboxylic acids is 5. The summed E-state index contributed by atoms with van der Waals surface area (Å²) in [5, 5.41) is 14.6. The van der Waals surface area contributed by atoms with Crippen molar-refractivity contribution in [1.29, 1.82) is 0 Å². The first kappa shape index (κ1) is 44.9. The number of esters is 1. The van der Waals surface area contributed by atoms with Crippen LogP contribution in [0, 0.1) is 5.92 Å². The predicted octanol–water partition coefficient (Wildman–Crippen LogP) is -0.0349. The van der Waals surface area contributed by atoms with Gasteiger partial charge < -0.3 is 44.5 Å². The van der Waals surface area contributed by atoms with Crippen LogP contribution in [0.5, 0.6) is 0 Å². The van der Waals surface area contributed by atoms with E-state index in [1.165, 1.54) is 18.7 Å². The summed E-state index contributed by atoms with van der Waals surface area (Å²) in [6, 6.07) is 0.933. The molecule has 52 heavy (non-hydrogen) atoms. The van der Waals surface area contributed by atoms with Gasteiger partial charge in [0.25, 0.3) is 5.91 Å². The Labute approximate surface area is 300 Å². The number of nitrogens with zero attached hydrogens (tertiary/aromatic N) is 2. The zero-order valence-electron chi connectivity index (χ0n) is 28.4. The summed E-state index contributed by atoms with van der Waals surface area (Å²) in [5.41, 5.74) is -1.35. The van der Waals surface area contributed by atoms with Gasteiger partial charge in [-0.25, -0.2) is 9.36 Å². The molecule has 1 aromatic rings. The first-order chi connectivity index (χ1) is 24.4. The molecule has 1 aliphatic heterocycles. The number of nitrogens with one attached hydrogen (secondary N) is 2. The number of aromatic nitrogens is 2. The number of ether oxygens (including phenoxy) is 4. The van der Waals surface area contributed by atoms with Crippen molar-refractivity contribution in [2.75, 3.05) is 63.0 Å². The van der Waals surface area contributed by atoms with Crippen LogP contribution < -0.4 is 16.3 Å². The number of alkyl halides is 2. The minimum Gasteiger partial charge on any atom is -0.456 e. The van der Waals surface area contributed by atoms with Crippen molar-refractivity contribution in [2.24, 2.45) is 5.92 Å². The third-order valence-corrected chi connectivity index (χ3v) is 8.52. The Kier molecular flexibility index (Phi) is 19.1. The van der Waals surface area contributed by atoms with E-state index in [1.54, 1.807) is 0 Å². The van der Waals surface area contributed by atoms with E-state index in [0.717, 1.165) is 12.3 Å². The molecule has 2 heterocycles. The molecule has 0 aromatic carbocycles. The molecule has 4 atom stereocenters. The van der Waals surface area contributed by atoms with E-state index in [9.17, 15) is 47.2 Å². The summed E-state index contributed by atoms with van der Waals surface area (Å²) in [4.78, 5) is 93.9. The van der Waals surface area contributed by atoms with Crippen molar-refractivity contribution in [3.05, 3.63) is 22.7 Å². The lowest BCUT2D eigenvalue weighted by Gasteiger charge is -2.21. The lowest BCUT2D eigenvalue weighted by molar-refractivity contribution is -0.147. The van der Waals surface area contributed by atoms with Crippen molar-refractivity contribution in [2.45, 2.75) is 63.9 Å². The molecule has 1 fully saturated rings. The molecule has 5 N–H and O–H groups in total. The molecule has 2 amide bonds. The molecule has 0 unspecified atom stereocenters. The summed E-state index contributed by atoms with van der Waals surface area (Å²) in [7, 11) is -5.08. The Bertz CT molecular complexity index is 1480. The monoisotopic (exact) mass is 788 g/mol. The summed E-state index contributed by atoms with van der Waals surface area (Å²) in [6.45, 7) is 2.24. The molecule has 0 aliphatic carbocycles. The van der Waals surface area contributed by atoms with Gasteiger partial charge in [0.15, 0.2) is 12.7 Å². The van der Waals surface area contributed by atoms with E-state index in [4.69, 9.17) is 28.7 Å². The van der Waals surface area contributed by atoms with Crippen LogP contribution in [-0.2, 0) is 52.0 Å². The molecule has 1 aliphatic rings. The first-order valence-electron chi connectivity index (χ1n) is 15.9. The quantitative estimate of drug-likeness (QED) is 0.0494. The Morgan fingerprint density at radius 3 is 2.40 bits per heavy atom. The van der Waals surface area contributed by atoms with Crippen LogP contribution in [0.15, 0.2) is 17.1 Å². The van der Waals surface area contributed by atoms with Crippen LogP contribution in [0.3, 0.4) is 0 Å². The van der Waals surface area contributed by atoms with Gasteiger partial charge in [-0.15, -0.1) is 0 Å². The number of phosphoric acid groups is 1. The highest BCUT2D eigenvalue weighted by Gasteiger charge is 2.60. The molecule has 0 saturated carbocycles. The van der Waals surface area contributed by atoms with Crippen molar-refractivity contribution in [3.8, 4) is 0 Å². The fraction of sp³-hybridized carbons (Fsp3) is 0.690. The number of hydrogen-bond acceptors (Lipinski definition) is 15. The number of amides is 2. The van der Waals surface area contributed by atoms with Crippen LogP contribution in [0.2, 0.25) is 0 Å². The molecule has 1 saturated heterocycles. The zero-order chi connectivity index (χ0) is 38.9. The van der Waals surface area contributed by atoms with Crippen LogP contribution in [-0.4, -0.2) is 130 Å². The maximum atomic E-state index is 14.6. The van der Waals surface area contributed by atoms with E-state index in [2.05, 4.69) is 20.1 Å². The molecular formula is C29H43F2N4O15PS. The van der Waals surface area contributed by atoms with Gasteiger partial charge in [-0.3, -0.25) is 33.1 Å². The highest BCUT2D eigenvalue weighted by molar-refractivity contribution is 7.99. The number of phosphoric ester groups is 1. The average Bonchev–Trinajstić information content (AvgIpc) is 3.28. The van der Waals surface area contributed by atoms with E-state index in [-0.39, 0.29) is 57.2 Å². The lowest BCUT2D eigenvalue weighted by Crippen LogP contribution is -2.42. The van der Waals surface area contributed by atoms with Crippen LogP contribution in [0.25, 0.3) is 0 Å². The minimum absolute atomic E-state index is 0.0183. The van der Waals surface area contributed by atoms with Gasteiger partial charge in [-0.2, -0.15) is 25.5 Å². The number of halogens is 2. The number of anilines is 1. The second kappa shape index (κ2) is 22.1. The third-order valence-electron chi connectivity index (χ3n) is 6.99. The molecular weight excluding hydrogens is 745 g/mol. The fourth-order valence-electron chi connectivity index (χ4n) is 4.35. The molecule has 0 radical (unpaired) electrons. The first-order valence-corrected chi connectivity index (χ1v) is 18.6. The molecule has 294 valence electrons. The molecule has 23 heteroatoms. The Hall–Kier alpha value is -3.21. The Balaban J connectivity index is 1.76. The number of carbonyl (C=O) groups is 5. The van der Waals surface area contributed by atoms with Gasteiger partial charge in [0.1, 0.15) is 23.5 Å². The lowest BCUT2D eigenvalue weighted by atomic mass is 10.0. The zero-order valence-corrected chi connectivity index (χ0v) is 30.1. The standard InChI is InChI=1S/C29H43F2N4O15PS/c1-3-52-17-19(14-20(37)7-11-47-13-12-46-10-6-18(2)36)26(41)32-8-4-24(39)48-16-23(38)33-22-5-9-35(28(42)34-22)27-29(30,31)25(40)21(50-27)15-49-51(43,44)45/h5,9,19,21,25,27,40H,3-4,6-8,10-17H2,1-2H3,(H,32,41)(H2,43,44,45)(H,33,34,38,42)/t19-,21-,25-,27-/m1/s1. The second-order valence-corrected chi connectivity index (χ2v) is 13.8. The van der Waals surface area contributed by atoms with Crippen molar-refractivity contribution >= 4 is 54.8 Å². The average molecular weight is 789 g/mol. The number of Topliss-reactive ketones (excluding diaryl/α,β-unsaturated/α-hetero) is 2. The van der Waals surface area contributed by atoms with Gasteiger partial charge in [0.2, 0.25) is 12.1 Å². The SMILES string of the molecule is CCSC[C@@H](CC(=O)CCOCCOCCC(C)=O)C(=O)NCCC(=O)OCC(=O)Nc1ccn([C@@H]2O[C@H](COP(=O)(O)O)[C@@H](O)C2(F)F)c(=O)n1. The van der Waals surface area contributed by atoms with E-state index >= 15 is 0 Å². The molecule has 2 rings (SSSR count). The van der Waals surface area contributed by atoms with E-state index in [0.29, 0.717) is 29.1 Å². The van der Waals surface area contributed by atoms with E-state index < -0.39 is 80.6 Å². The van der Waals surface area contributed by atoms with Crippen LogP contribution in [0.4, 0.5) is 14.6 Å². The fourth-order valence-corrected chi connectivity index (χ4v) is 5.49. The Morgan fingerprint density at radius 2 is 1.79 bits per heavy atom. The highest BCUT2D eigenvalue weighted by atomic mass is 32.2. The second-order valence-electron chi connectivity index (χ2n) is 11.2. The van der Waals surface area contributed by atoms with E-state index in [1.807, 2.05) is 6.92 Å². The summed E-state index contributed by atoms with van der Waals surface area (Å²) in [5.74, 6) is -6.52. The number of ketones is 2. The van der Waals surface area contributed by atoms with Gasteiger partial charge >= 0.3 is 25.4 Å². The maximum absolute atomic E-state index is 14.6. The largest absolute Gasteiger partial charge is 0.469 e. The van der Waals surface area contributed by atoms with Gasteiger partial charge in [0, 0.05) is 37.8 Å². The Morgan fingerprint density at radius 1 is 1.12 bits per heavy atom. The molecule has 1 aromatic heterocycles. The van der Waals surface area contributed by atoms with Crippen molar-refractivity contribution in [3.63, 3.8) is 0 Å². The molecule has 19 nitrogen and oxygen atoms in total. The molecule has 0 bridgehead atoms. The van der Waals surface area contributed by atoms with Crippen molar-refractivity contribution < 1.29 is 75.7 Å². The predicted molar refractivity (Wildman–Crippen MR) is 176 cm³/mol. The topological polar surface area (TPSA) is 268 Å². The highest BCUT2D eigenvalue weighted by Crippen LogP contribution is 2.44. The minimum atomic E-state index is -5.08. The maximum Gasteiger partial charge on any atom is 0.469 e. The van der Waals surface area contributed by atoms with Gasteiger partial charge in [0.05, 0.1) is 45.4 Å². The van der Waals surface area contributed by atoms with Gasteiger partial charge in [-0.05, 0) is 18.7 Å². The molecule has 0 spiro atoms. The number of aliphatic hydroxyl groups excluding tert-OH is 1. The number of thioether (sulfide) groups is 1. The summed E-state index contributed by atoms with van der Waals surface area (Å²) >= 11 is 1.47. The van der Waals surface area contributed by atoms with Gasteiger partial charge in [-0.1, -0.05) is 6.92 Å². The summed E-state index contributed by atoms with van der Waals surface area (Å²) in [6.07, 6.45) is -6.12. The number of hydrogen-bond donors (Lipinski definition) is 5. The number of aliphatic hydroxyl groups is 1. The smallest absolute Gasteiger partial charge is 0.456 e. The summed E-state index contributed by atoms with van der Waals surface area (Å²) < 4.78 is 64.9. The van der Waals surface area contributed by atoms with Crippen molar-refractivity contribution in [1.82, 2.24) is 14.9 Å².